The number of aromatic nitrogens is 2. The van der Waals surface area contributed by atoms with Gasteiger partial charge in [-0.1, -0.05) is 0 Å². The van der Waals surface area contributed by atoms with Gasteiger partial charge >= 0.3 is 0 Å². The van der Waals surface area contributed by atoms with Crippen LogP contribution in [-0.4, -0.2) is 35.9 Å². The van der Waals surface area contributed by atoms with Gasteiger partial charge in [0.2, 0.25) is 0 Å². The summed E-state index contributed by atoms with van der Waals surface area (Å²) in [6, 6.07) is -0.00451. The van der Waals surface area contributed by atoms with Crippen LogP contribution in [0.5, 0.6) is 0 Å². The topological polar surface area (TPSA) is 118 Å². The van der Waals surface area contributed by atoms with E-state index in [1.807, 2.05) is 0 Å². The Morgan fingerprint density at radius 1 is 1.41 bits per heavy atom. The lowest BCUT2D eigenvalue weighted by atomic mass is 10.1. The van der Waals surface area contributed by atoms with E-state index in [9.17, 15) is 13.2 Å². The first-order valence-corrected chi connectivity index (χ1v) is 7.10. The molecule has 1 aromatic heterocycles. The molecule has 1 aliphatic heterocycles. The van der Waals surface area contributed by atoms with Gasteiger partial charge in [-0.3, -0.25) is 4.79 Å². The second-order valence-electron chi connectivity index (χ2n) is 4.06. The van der Waals surface area contributed by atoms with Crippen LogP contribution in [0, 0.1) is 0 Å². The number of hydrogen-bond donors (Lipinski definition) is 3. The van der Waals surface area contributed by atoms with Gasteiger partial charge in [0.25, 0.3) is 5.56 Å². The van der Waals surface area contributed by atoms with E-state index in [4.69, 9.17) is 5.73 Å². The minimum atomic E-state index is -2.89. The highest BCUT2D eigenvalue weighted by Gasteiger charge is 2.24. The molecule has 0 aliphatic carbocycles. The molecule has 17 heavy (non-hydrogen) atoms. The highest BCUT2D eigenvalue weighted by atomic mass is 32.2. The third kappa shape index (κ3) is 2.76. The standard InChI is InChI=1S/C9H14N4O3S/c10-7-8(11-5-12-9(7)14)13-6-1-3-17(15,16)4-2-6/h5-6H,1-4,10H2,(H2,11,12,13,14). The van der Waals surface area contributed by atoms with E-state index < -0.39 is 15.4 Å². The molecule has 1 saturated heterocycles. The molecule has 1 aliphatic rings. The zero-order valence-corrected chi connectivity index (χ0v) is 9.96. The fraction of sp³-hybridized carbons (Fsp3) is 0.556. The number of nitrogen functional groups attached to an aromatic ring is 1. The first-order valence-electron chi connectivity index (χ1n) is 5.28. The number of sulfone groups is 1. The van der Waals surface area contributed by atoms with Crippen LogP contribution >= 0.6 is 0 Å². The number of aromatic amines is 1. The summed E-state index contributed by atoms with van der Waals surface area (Å²) in [6.07, 6.45) is 2.28. The summed E-state index contributed by atoms with van der Waals surface area (Å²) in [5, 5.41) is 3.01. The van der Waals surface area contributed by atoms with Crippen molar-refractivity contribution in [1.82, 2.24) is 9.97 Å². The molecule has 0 spiro atoms. The Bertz CT molecular complexity index is 552. The lowest BCUT2D eigenvalue weighted by Crippen LogP contribution is -2.33. The first kappa shape index (κ1) is 11.9. The van der Waals surface area contributed by atoms with Crippen LogP contribution in [0.15, 0.2) is 11.1 Å². The van der Waals surface area contributed by atoms with Crippen molar-refractivity contribution in [2.24, 2.45) is 0 Å². The SMILES string of the molecule is Nc1c(NC2CCS(=O)(=O)CC2)nc[nH]c1=O. The third-order valence-corrected chi connectivity index (χ3v) is 4.50. The fourth-order valence-corrected chi connectivity index (χ4v) is 3.24. The van der Waals surface area contributed by atoms with E-state index >= 15 is 0 Å². The van der Waals surface area contributed by atoms with Gasteiger partial charge in [-0.05, 0) is 12.8 Å². The first-order chi connectivity index (χ1) is 7.98. The normalized spacial score (nSPS) is 20.0. The van der Waals surface area contributed by atoms with Crippen molar-refractivity contribution >= 4 is 21.3 Å². The summed E-state index contributed by atoms with van der Waals surface area (Å²) in [6.45, 7) is 0. The molecule has 1 aromatic rings. The fourth-order valence-electron chi connectivity index (χ4n) is 1.75. The molecule has 0 unspecified atom stereocenters. The van der Waals surface area contributed by atoms with Crippen LogP contribution in [0.3, 0.4) is 0 Å². The van der Waals surface area contributed by atoms with E-state index in [-0.39, 0.29) is 23.2 Å². The van der Waals surface area contributed by atoms with Crippen LogP contribution < -0.4 is 16.6 Å². The zero-order valence-electron chi connectivity index (χ0n) is 9.14. The molecule has 1 fully saturated rings. The monoisotopic (exact) mass is 258 g/mol. The van der Waals surface area contributed by atoms with E-state index in [0.29, 0.717) is 18.7 Å². The molecule has 0 aromatic carbocycles. The largest absolute Gasteiger partial charge is 0.391 e. The molecule has 0 radical (unpaired) electrons. The Kier molecular flexibility index (Phi) is 3.05. The Morgan fingerprint density at radius 2 is 2.06 bits per heavy atom. The molecule has 2 rings (SSSR count). The van der Waals surface area contributed by atoms with Crippen molar-refractivity contribution in [3.05, 3.63) is 16.7 Å². The molecule has 2 heterocycles. The van der Waals surface area contributed by atoms with Crippen molar-refractivity contribution in [2.45, 2.75) is 18.9 Å². The molecule has 94 valence electrons. The van der Waals surface area contributed by atoms with E-state index in [1.54, 1.807) is 0 Å². The Labute approximate surface area is 98.4 Å². The summed E-state index contributed by atoms with van der Waals surface area (Å²) in [4.78, 5) is 17.5. The molecular formula is C9H14N4O3S. The smallest absolute Gasteiger partial charge is 0.276 e. The highest BCUT2D eigenvalue weighted by Crippen LogP contribution is 2.18. The molecule has 0 saturated carbocycles. The van der Waals surface area contributed by atoms with E-state index in [2.05, 4.69) is 15.3 Å². The van der Waals surface area contributed by atoms with Crippen LogP contribution in [0.1, 0.15) is 12.8 Å². The molecule has 0 amide bonds. The van der Waals surface area contributed by atoms with Gasteiger partial charge in [0, 0.05) is 6.04 Å². The molecular weight excluding hydrogens is 244 g/mol. The predicted octanol–water partition coefficient (Wildman–Crippen LogP) is -0.659. The second-order valence-corrected chi connectivity index (χ2v) is 6.37. The van der Waals surface area contributed by atoms with E-state index in [1.165, 1.54) is 6.33 Å². The van der Waals surface area contributed by atoms with Crippen LogP contribution in [-0.2, 0) is 9.84 Å². The minimum absolute atomic E-state index is 0.00451. The van der Waals surface area contributed by atoms with Gasteiger partial charge in [0.1, 0.15) is 15.5 Å². The summed E-state index contributed by atoms with van der Waals surface area (Å²) >= 11 is 0. The Hall–Kier alpha value is -1.57. The molecule has 7 nitrogen and oxygen atoms in total. The highest BCUT2D eigenvalue weighted by molar-refractivity contribution is 7.91. The Morgan fingerprint density at radius 3 is 2.71 bits per heavy atom. The van der Waals surface area contributed by atoms with Gasteiger partial charge in [-0.25, -0.2) is 13.4 Å². The summed E-state index contributed by atoms with van der Waals surface area (Å²) < 4.78 is 22.5. The van der Waals surface area contributed by atoms with Gasteiger partial charge in [-0.2, -0.15) is 0 Å². The van der Waals surface area contributed by atoms with Crippen LogP contribution in [0.25, 0.3) is 0 Å². The lowest BCUT2D eigenvalue weighted by Gasteiger charge is -2.23. The lowest BCUT2D eigenvalue weighted by molar-refractivity contribution is 0.559. The number of nitrogens with zero attached hydrogens (tertiary/aromatic N) is 1. The van der Waals surface area contributed by atoms with Crippen molar-refractivity contribution in [2.75, 3.05) is 22.6 Å². The number of nitrogens with one attached hydrogen (secondary N) is 2. The number of H-pyrrole nitrogens is 1. The third-order valence-electron chi connectivity index (χ3n) is 2.78. The average molecular weight is 258 g/mol. The summed E-state index contributed by atoms with van der Waals surface area (Å²) in [7, 11) is -2.89. The quantitative estimate of drug-likeness (QED) is 0.648. The van der Waals surface area contributed by atoms with Crippen molar-refractivity contribution in [3.8, 4) is 0 Å². The maximum atomic E-state index is 11.2. The minimum Gasteiger partial charge on any atom is -0.391 e. The maximum absolute atomic E-state index is 11.2. The van der Waals surface area contributed by atoms with Gasteiger partial charge < -0.3 is 16.0 Å². The summed E-state index contributed by atoms with van der Waals surface area (Å²) in [5.74, 6) is 0.639. The zero-order chi connectivity index (χ0) is 12.5. The van der Waals surface area contributed by atoms with Crippen molar-refractivity contribution in [3.63, 3.8) is 0 Å². The Balaban J connectivity index is 2.08. The van der Waals surface area contributed by atoms with Gasteiger partial charge in [-0.15, -0.1) is 0 Å². The van der Waals surface area contributed by atoms with Crippen molar-refractivity contribution < 1.29 is 8.42 Å². The summed E-state index contributed by atoms with van der Waals surface area (Å²) in [5.41, 5.74) is 5.20. The molecule has 0 bridgehead atoms. The number of nitrogens with two attached hydrogens (primary N) is 1. The number of anilines is 2. The van der Waals surface area contributed by atoms with Gasteiger partial charge in [0.05, 0.1) is 17.8 Å². The maximum Gasteiger partial charge on any atom is 0.276 e. The average Bonchev–Trinajstić information content (AvgIpc) is 2.27. The van der Waals surface area contributed by atoms with Gasteiger partial charge in [0.15, 0.2) is 5.82 Å². The number of rotatable bonds is 2. The molecule has 0 atom stereocenters. The van der Waals surface area contributed by atoms with Crippen LogP contribution in [0.2, 0.25) is 0 Å². The van der Waals surface area contributed by atoms with E-state index in [0.717, 1.165) is 0 Å². The predicted molar refractivity (Wildman–Crippen MR) is 64.6 cm³/mol. The van der Waals surface area contributed by atoms with Crippen LogP contribution in [0.4, 0.5) is 11.5 Å². The second kappa shape index (κ2) is 4.36. The number of hydrogen-bond acceptors (Lipinski definition) is 6. The van der Waals surface area contributed by atoms with Crippen molar-refractivity contribution in [1.29, 1.82) is 0 Å². The molecule has 8 heteroatoms. The molecule has 4 N–H and O–H groups in total.